The molecule has 0 aliphatic heterocycles. The summed E-state index contributed by atoms with van der Waals surface area (Å²) < 4.78 is 27.4. The zero-order valence-corrected chi connectivity index (χ0v) is 13.1. The van der Waals surface area contributed by atoms with Gasteiger partial charge in [0, 0.05) is 17.1 Å². The molecule has 3 N–H and O–H groups in total. The third-order valence-electron chi connectivity index (χ3n) is 2.99. The molecular formula is C14H18N2O2S2. The largest absolute Gasteiger partial charge is 0.399 e. The van der Waals surface area contributed by atoms with Crippen LogP contribution < -0.4 is 10.5 Å². The lowest BCUT2D eigenvalue weighted by Crippen LogP contribution is -2.27. The molecule has 0 atom stereocenters. The van der Waals surface area contributed by atoms with Gasteiger partial charge in [-0.1, -0.05) is 6.07 Å². The summed E-state index contributed by atoms with van der Waals surface area (Å²) in [6.07, 6.45) is 0.698. The van der Waals surface area contributed by atoms with Crippen molar-refractivity contribution in [1.29, 1.82) is 0 Å². The predicted octanol–water partition coefficient (Wildman–Crippen LogP) is 2.47. The fourth-order valence-electron chi connectivity index (χ4n) is 2.24. The normalized spacial score (nSPS) is 11.7. The van der Waals surface area contributed by atoms with E-state index in [1.54, 1.807) is 37.3 Å². The number of hydrogen-bond acceptors (Lipinski definition) is 4. The summed E-state index contributed by atoms with van der Waals surface area (Å²) >= 11 is 1.63. The molecule has 0 fully saturated rings. The standard InChI is InChI=1S/C14H18N2O2S2/c1-10-8-12(15)9-11(2)14(10)20(17,18)16-6-5-13-4-3-7-19-13/h3-4,7-9,16H,5-6,15H2,1-2H3. The van der Waals surface area contributed by atoms with E-state index in [2.05, 4.69) is 4.72 Å². The Labute approximate surface area is 123 Å². The number of aryl methyl sites for hydroxylation is 2. The first-order valence-electron chi connectivity index (χ1n) is 6.29. The molecule has 0 unspecified atom stereocenters. The van der Waals surface area contributed by atoms with Crippen molar-refractivity contribution in [2.75, 3.05) is 12.3 Å². The summed E-state index contributed by atoms with van der Waals surface area (Å²) in [6, 6.07) is 7.32. The Bertz CT molecular complexity index is 669. The minimum atomic E-state index is -3.49. The van der Waals surface area contributed by atoms with Crippen molar-refractivity contribution in [2.45, 2.75) is 25.2 Å². The summed E-state index contributed by atoms with van der Waals surface area (Å²) in [4.78, 5) is 1.50. The quantitative estimate of drug-likeness (QED) is 0.833. The van der Waals surface area contributed by atoms with Crippen LogP contribution in [0.25, 0.3) is 0 Å². The number of sulfonamides is 1. The minimum absolute atomic E-state index is 0.331. The van der Waals surface area contributed by atoms with Gasteiger partial charge >= 0.3 is 0 Å². The fraction of sp³-hybridized carbons (Fsp3) is 0.286. The topological polar surface area (TPSA) is 72.2 Å². The molecule has 2 rings (SSSR count). The van der Waals surface area contributed by atoms with Gasteiger partial charge in [-0.15, -0.1) is 11.3 Å². The summed E-state index contributed by atoms with van der Waals surface area (Å²) in [5.41, 5.74) is 7.65. The van der Waals surface area contributed by atoms with E-state index in [1.807, 2.05) is 17.5 Å². The first-order valence-corrected chi connectivity index (χ1v) is 8.65. The second-order valence-corrected chi connectivity index (χ2v) is 7.45. The van der Waals surface area contributed by atoms with Crippen LogP contribution in [0.4, 0.5) is 5.69 Å². The van der Waals surface area contributed by atoms with Crippen molar-refractivity contribution in [2.24, 2.45) is 0 Å². The van der Waals surface area contributed by atoms with Crippen LogP contribution in [0.5, 0.6) is 0 Å². The monoisotopic (exact) mass is 310 g/mol. The maximum Gasteiger partial charge on any atom is 0.241 e. The highest BCUT2D eigenvalue weighted by atomic mass is 32.2. The van der Waals surface area contributed by atoms with Gasteiger partial charge in [0.2, 0.25) is 10.0 Å². The van der Waals surface area contributed by atoms with Crippen LogP contribution >= 0.6 is 11.3 Å². The maximum atomic E-state index is 12.4. The SMILES string of the molecule is Cc1cc(N)cc(C)c1S(=O)(=O)NCCc1cccs1. The Morgan fingerprint density at radius 2 is 1.90 bits per heavy atom. The molecule has 0 aliphatic carbocycles. The van der Waals surface area contributed by atoms with Crippen molar-refractivity contribution in [3.8, 4) is 0 Å². The molecule has 20 heavy (non-hydrogen) atoms. The van der Waals surface area contributed by atoms with Crippen LogP contribution in [0, 0.1) is 13.8 Å². The number of nitrogen functional groups attached to an aromatic ring is 1. The minimum Gasteiger partial charge on any atom is -0.399 e. The molecular weight excluding hydrogens is 292 g/mol. The molecule has 1 aromatic heterocycles. The van der Waals surface area contributed by atoms with Gasteiger partial charge in [-0.2, -0.15) is 0 Å². The van der Waals surface area contributed by atoms with Gasteiger partial charge in [0.15, 0.2) is 0 Å². The molecule has 2 aromatic rings. The number of nitrogens with two attached hydrogens (primary N) is 1. The number of rotatable bonds is 5. The van der Waals surface area contributed by atoms with Gasteiger partial charge < -0.3 is 5.73 Å². The summed E-state index contributed by atoms with van der Waals surface area (Å²) in [6.45, 7) is 3.92. The highest BCUT2D eigenvalue weighted by Crippen LogP contribution is 2.22. The van der Waals surface area contributed by atoms with Crippen LogP contribution in [0.2, 0.25) is 0 Å². The average Bonchev–Trinajstić information content (AvgIpc) is 2.79. The van der Waals surface area contributed by atoms with E-state index in [9.17, 15) is 8.42 Å². The highest BCUT2D eigenvalue weighted by molar-refractivity contribution is 7.89. The van der Waals surface area contributed by atoms with Gasteiger partial charge in [0.05, 0.1) is 4.90 Å². The second kappa shape index (κ2) is 5.95. The molecule has 0 radical (unpaired) electrons. The van der Waals surface area contributed by atoms with E-state index in [-0.39, 0.29) is 0 Å². The van der Waals surface area contributed by atoms with Crippen LogP contribution in [0.15, 0.2) is 34.5 Å². The first-order chi connectivity index (χ1) is 9.40. The van der Waals surface area contributed by atoms with Crippen molar-refractivity contribution in [3.05, 3.63) is 45.6 Å². The molecule has 0 spiro atoms. The number of nitrogens with one attached hydrogen (secondary N) is 1. The fourth-order valence-corrected chi connectivity index (χ4v) is 4.43. The Balaban J connectivity index is 2.14. The Morgan fingerprint density at radius 3 is 2.45 bits per heavy atom. The van der Waals surface area contributed by atoms with Crippen molar-refractivity contribution in [1.82, 2.24) is 4.72 Å². The Hall–Kier alpha value is -1.37. The molecule has 0 amide bonds. The van der Waals surface area contributed by atoms with Crippen molar-refractivity contribution < 1.29 is 8.42 Å². The molecule has 0 saturated carbocycles. The number of anilines is 1. The molecule has 108 valence electrons. The summed E-state index contributed by atoms with van der Waals surface area (Å²) in [7, 11) is -3.49. The molecule has 0 saturated heterocycles. The van der Waals surface area contributed by atoms with Crippen LogP contribution in [-0.2, 0) is 16.4 Å². The number of thiophene rings is 1. The third-order valence-corrected chi connectivity index (χ3v) is 5.70. The molecule has 1 aromatic carbocycles. The second-order valence-electron chi connectivity index (χ2n) is 4.71. The van der Waals surface area contributed by atoms with Crippen LogP contribution in [0.1, 0.15) is 16.0 Å². The lowest BCUT2D eigenvalue weighted by atomic mass is 10.1. The molecule has 1 heterocycles. The Kier molecular flexibility index (Phi) is 4.47. The van der Waals surface area contributed by atoms with Gasteiger partial charge in [-0.25, -0.2) is 13.1 Å². The predicted molar refractivity (Wildman–Crippen MR) is 83.5 cm³/mol. The first kappa shape index (κ1) is 15.0. The lowest BCUT2D eigenvalue weighted by Gasteiger charge is -2.12. The molecule has 0 aliphatic rings. The Morgan fingerprint density at radius 1 is 1.25 bits per heavy atom. The number of hydrogen-bond donors (Lipinski definition) is 2. The van der Waals surface area contributed by atoms with Crippen molar-refractivity contribution >= 4 is 27.0 Å². The third kappa shape index (κ3) is 3.39. The number of benzene rings is 1. The van der Waals surface area contributed by atoms with Crippen LogP contribution in [0.3, 0.4) is 0 Å². The average molecular weight is 310 g/mol. The van der Waals surface area contributed by atoms with Gasteiger partial charge in [0.1, 0.15) is 0 Å². The maximum absolute atomic E-state index is 12.4. The van der Waals surface area contributed by atoms with Crippen molar-refractivity contribution in [3.63, 3.8) is 0 Å². The van der Waals surface area contributed by atoms with E-state index in [0.717, 1.165) is 0 Å². The van der Waals surface area contributed by atoms with E-state index >= 15 is 0 Å². The highest BCUT2D eigenvalue weighted by Gasteiger charge is 2.19. The smallest absolute Gasteiger partial charge is 0.241 e. The van der Waals surface area contributed by atoms with Crippen LogP contribution in [-0.4, -0.2) is 15.0 Å². The zero-order valence-electron chi connectivity index (χ0n) is 11.5. The van der Waals surface area contributed by atoms with E-state index in [4.69, 9.17) is 5.73 Å². The lowest BCUT2D eigenvalue weighted by molar-refractivity contribution is 0.580. The van der Waals surface area contributed by atoms with E-state index in [1.165, 1.54) is 4.88 Å². The molecule has 4 nitrogen and oxygen atoms in total. The summed E-state index contributed by atoms with van der Waals surface area (Å²) in [5, 5.41) is 1.98. The van der Waals surface area contributed by atoms with E-state index in [0.29, 0.717) is 34.7 Å². The zero-order chi connectivity index (χ0) is 14.8. The van der Waals surface area contributed by atoms with Gasteiger partial charge in [-0.3, -0.25) is 0 Å². The van der Waals surface area contributed by atoms with Gasteiger partial charge in [0.25, 0.3) is 0 Å². The molecule has 6 heteroatoms. The van der Waals surface area contributed by atoms with Gasteiger partial charge in [-0.05, 0) is 55.0 Å². The summed E-state index contributed by atoms with van der Waals surface area (Å²) in [5.74, 6) is 0. The molecule has 0 bridgehead atoms. The van der Waals surface area contributed by atoms with E-state index < -0.39 is 10.0 Å².